The van der Waals surface area contributed by atoms with Crippen LogP contribution in [0.4, 0.5) is 0 Å². The molecule has 0 aliphatic carbocycles. The number of hydrogen-bond acceptors (Lipinski definition) is 7. The highest BCUT2D eigenvalue weighted by Gasteiger charge is 2.46. The second-order valence-corrected chi connectivity index (χ2v) is 4.66. The third-order valence-corrected chi connectivity index (χ3v) is 2.98. The Morgan fingerprint density at radius 1 is 1.22 bits per heavy atom. The summed E-state index contributed by atoms with van der Waals surface area (Å²) in [4.78, 5) is 0. The summed E-state index contributed by atoms with van der Waals surface area (Å²) in [6.45, 7) is 0.0135. The molecule has 1 rings (SSSR count). The number of rotatable bonds is 5. The van der Waals surface area contributed by atoms with Crippen molar-refractivity contribution in [2.24, 2.45) is 0 Å². The summed E-state index contributed by atoms with van der Waals surface area (Å²) in [5.74, 6) is 0. The van der Waals surface area contributed by atoms with Gasteiger partial charge in [-0.05, 0) is 23.8 Å². The summed E-state index contributed by atoms with van der Waals surface area (Å²) in [5.41, 5.74) is 0. The van der Waals surface area contributed by atoms with Crippen LogP contribution in [-0.2, 0) is 23.7 Å². The predicted molar refractivity (Wildman–Crippen MR) is 67.7 cm³/mol. The van der Waals surface area contributed by atoms with Gasteiger partial charge in [0.05, 0.1) is 0 Å². The lowest BCUT2D eigenvalue weighted by molar-refractivity contribution is -0.302. The van der Waals surface area contributed by atoms with Crippen LogP contribution in [0.3, 0.4) is 0 Å². The average Bonchev–Trinajstić information content (AvgIpc) is 2.36. The Morgan fingerprint density at radius 2 is 1.83 bits per heavy atom. The zero-order valence-corrected chi connectivity index (χ0v) is 11.9. The van der Waals surface area contributed by atoms with E-state index in [0.717, 1.165) is 0 Å². The highest BCUT2D eigenvalue weighted by Crippen LogP contribution is 2.25. The van der Waals surface area contributed by atoms with Gasteiger partial charge in [0, 0.05) is 21.3 Å². The molecule has 0 radical (unpaired) electrons. The number of halogens is 1. The molecule has 0 saturated carbocycles. The molecule has 5 atom stereocenters. The summed E-state index contributed by atoms with van der Waals surface area (Å²) < 4.78 is 25.9. The Balaban J connectivity index is 2.73. The fraction of sp³-hybridized carbons (Fsp3) is 0.900. The van der Waals surface area contributed by atoms with Crippen LogP contribution >= 0.6 is 23.8 Å². The minimum Gasteiger partial charge on any atom is -0.472 e. The molecule has 1 aliphatic rings. The van der Waals surface area contributed by atoms with Crippen LogP contribution in [0.5, 0.6) is 0 Å². The van der Waals surface area contributed by atoms with E-state index < -0.39 is 30.7 Å². The van der Waals surface area contributed by atoms with Crippen molar-refractivity contribution < 1.29 is 28.8 Å². The summed E-state index contributed by atoms with van der Waals surface area (Å²) in [6, 6.07) is 0. The van der Waals surface area contributed by atoms with E-state index in [-0.39, 0.29) is 11.1 Å². The van der Waals surface area contributed by atoms with Crippen molar-refractivity contribution in [1.82, 2.24) is 0 Å². The SMILES string of the molecule is CO[C@@H]1O[C@H](COC(=S)Cl)[C@@H](O)[C@H](OC)[C@H]1OC. The highest BCUT2D eigenvalue weighted by molar-refractivity contribution is 7.82. The van der Waals surface area contributed by atoms with Gasteiger partial charge in [-0.1, -0.05) is 0 Å². The van der Waals surface area contributed by atoms with Crippen LogP contribution in [0.1, 0.15) is 0 Å². The number of methoxy groups -OCH3 is 3. The standard InChI is InChI=1S/C10H17ClO6S/c1-13-7-6(12)5(4-16-10(11)18)17-9(15-3)8(7)14-2/h5-9,12H,4H2,1-3H3/t5-,6-,7+,8-,9-/m1/s1. The van der Waals surface area contributed by atoms with Gasteiger partial charge >= 0.3 is 0 Å². The first-order valence-electron chi connectivity index (χ1n) is 5.29. The first-order valence-corrected chi connectivity index (χ1v) is 6.08. The summed E-state index contributed by atoms with van der Waals surface area (Å²) in [6.07, 6.45) is -3.39. The van der Waals surface area contributed by atoms with E-state index in [9.17, 15) is 5.11 Å². The molecule has 8 heteroatoms. The number of aliphatic hydroxyl groups excluding tert-OH is 1. The van der Waals surface area contributed by atoms with Crippen LogP contribution in [0, 0.1) is 0 Å². The molecule has 1 aliphatic heterocycles. The Hall–Kier alpha value is -0.0200. The molecule has 6 nitrogen and oxygen atoms in total. The maximum atomic E-state index is 10.1. The largest absolute Gasteiger partial charge is 0.472 e. The van der Waals surface area contributed by atoms with Gasteiger partial charge in [-0.2, -0.15) is 0 Å². The van der Waals surface area contributed by atoms with Gasteiger partial charge in [0.1, 0.15) is 31.0 Å². The van der Waals surface area contributed by atoms with Gasteiger partial charge in [0.2, 0.25) is 0 Å². The van der Waals surface area contributed by atoms with Gasteiger partial charge in [0.15, 0.2) is 6.29 Å². The van der Waals surface area contributed by atoms with Crippen molar-refractivity contribution in [2.45, 2.75) is 30.7 Å². The van der Waals surface area contributed by atoms with Gasteiger partial charge in [-0.3, -0.25) is 0 Å². The Bertz CT molecular complexity index is 279. The molecule has 18 heavy (non-hydrogen) atoms. The maximum Gasteiger partial charge on any atom is 0.255 e. The van der Waals surface area contributed by atoms with E-state index in [1.807, 2.05) is 0 Å². The number of aliphatic hydroxyl groups is 1. The predicted octanol–water partition coefficient (Wildman–Crippen LogP) is 0.289. The number of hydrogen-bond donors (Lipinski definition) is 1. The first kappa shape index (κ1) is 16.0. The molecule has 0 bridgehead atoms. The lowest BCUT2D eigenvalue weighted by Gasteiger charge is -2.42. The van der Waals surface area contributed by atoms with Crippen LogP contribution in [-0.4, -0.2) is 68.3 Å². The molecular formula is C10H17ClO6S. The van der Waals surface area contributed by atoms with Crippen molar-refractivity contribution in [3.63, 3.8) is 0 Å². The van der Waals surface area contributed by atoms with E-state index >= 15 is 0 Å². The first-order chi connectivity index (χ1) is 8.54. The Labute approximate surface area is 116 Å². The van der Waals surface area contributed by atoms with E-state index in [0.29, 0.717) is 0 Å². The lowest BCUT2D eigenvalue weighted by Crippen LogP contribution is -2.60. The molecule has 1 saturated heterocycles. The van der Waals surface area contributed by atoms with E-state index in [4.69, 9.17) is 35.3 Å². The molecule has 0 aromatic carbocycles. The molecule has 106 valence electrons. The third kappa shape index (κ3) is 3.74. The van der Waals surface area contributed by atoms with Crippen molar-refractivity contribution in [3.8, 4) is 0 Å². The van der Waals surface area contributed by atoms with Crippen molar-refractivity contribution in [3.05, 3.63) is 0 Å². The Morgan fingerprint density at radius 3 is 2.28 bits per heavy atom. The maximum absolute atomic E-state index is 10.1. The zero-order valence-electron chi connectivity index (χ0n) is 10.4. The molecule has 1 fully saturated rings. The van der Waals surface area contributed by atoms with Gasteiger partial charge in [-0.15, -0.1) is 0 Å². The normalized spacial score (nSPS) is 36.4. The van der Waals surface area contributed by atoms with E-state index in [2.05, 4.69) is 12.2 Å². The lowest BCUT2D eigenvalue weighted by atomic mass is 9.99. The number of ether oxygens (including phenoxy) is 5. The molecular weight excluding hydrogens is 284 g/mol. The molecule has 1 heterocycles. The van der Waals surface area contributed by atoms with E-state index in [1.165, 1.54) is 21.3 Å². The molecule has 0 amide bonds. The van der Waals surface area contributed by atoms with Crippen LogP contribution in [0.25, 0.3) is 0 Å². The average molecular weight is 301 g/mol. The quantitative estimate of drug-likeness (QED) is 0.578. The van der Waals surface area contributed by atoms with Crippen LogP contribution < -0.4 is 0 Å². The van der Waals surface area contributed by atoms with E-state index in [1.54, 1.807) is 0 Å². The van der Waals surface area contributed by atoms with Crippen LogP contribution in [0.15, 0.2) is 0 Å². The van der Waals surface area contributed by atoms with Crippen LogP contribution in [0.2, 0.25) is 0 Å². The number of thiocarbonyl (C=S) groups is 1. The fourth-order valence-electron chi connectivity index (χ4n) is 1.88. The van der Waals surface area contributed by atoms with Gasteiger partial charge in [0.25, 0.3) is 4.51 Å². The topological polar surface area (TPSA) is 66.4 Å². The molecule has 0 spiro atoms. The fourth-order valence-corrected chi connectivity index (χ4v) is 2.02. The molecule has 1 N–H and O–H groups in total. The minimum absolute atomic E-state index is 0.0135. The Kier molecular flexibility index (Phi) is 6.72. The minimum atomic E-state index is -0.933. The second-order valence-electron chi connectivity index (χ2n) is 3.72. The highest BCUT2D eigenvalue weighted by atomic mass is 35.5. The smallest absolute Gasteiger partial charge is 0.255 e. The zero-order chi connectivity index (χ0) is 13.7. The molecule has 0 aromatic heterocycles. The van der Waals surface area contributed by atoms with Crippen molar-refractivity contribution in [1.29, 1.82) is 0 Å². The summed E-state index contributed by atoms with van der Waals surface area (Å²) >= 11 is 10.0. The van der Waals surface area contributed by atoms with Gasteiger partial charge < -0.3 is 28.8 Å². The second kappa shape index (κ2) is 7.54. The summed E-state index contributed by atoms with van der Waals surface area (Å²) in [5, 5.41) is 10.1. The third-order valence-electron chi connectivity index (χ3n) is 2.76. The van der Waals surface area contributed by atoms with Crippen molar-refractivity contribution >= 4 is 28.3 Å². The molecule has 0 unspecified atom stereocenters. The molecule has 0 aromatic rings. The van der Waals surface area contributed by atoms with Gasteiger partial charge in [-0.25, -0.2) is 0 Å². The summed E-state index contributed by atoms with van der Waals surface area (Å²) in [7, 11) is 4.44. The monoisotopic (exact) mass is 300 g/mol. The van der Waals surface area contributed by atoms with Crippen molar-refractivity contribution in [2.75, 3.05) is 27.9 Å².